The molecule has 4 heteroatoms. The van der Waals surface area contributed by atoms with Crippen molar-refractivity contribution in [2.75, 3.05) is 41.3 Å². The predicted molar refractivity (Wildman–Crippen MR) is 52.6 cm³/mol. The first-order valence-corrected chi connectivity index (χ1v) is 4.60. The minimum atomic E-state index is -0.316. The number of nitrogens with zero attached hydrogens (tertiary/aromatic N) is 2. The van der Waals surface area contributed by atoms with Gasteiger partial charge in [0.15, 0.2) is 0 Å². The molecule has 0 aromatic rings. The maximum absolute atomic E-state index is 12.0. The molecule has 1 rings (SSSR count). The van der Waals surface area contributed by atoms with Gasteiger partial charge in [-0.1, -0.05) is 0 Å². The highest BCUT2D eigenvalue weighted by Crippen LogP contribution is 2.22. The minimum Gasteiger partial charge on any atom is -0.347 e. The molecular formula is C9H19N3O. The van der Waals surface area contributed by atoms with Crippen molar-refractivity contribution in [3.63, 3.8) is 0 Å². The molecule has 1 aliphatic rings. The molecule has 76 valence electrons. The highest BCUT2D eigenvalue weighted by atomic mass is 16.2. The minimum absolute atomic E-state index is 0.197. The zero-order valence-electron chi connectivity index (χ0n) is 8.92. The van der Waals surface area contributed by atoms with Crippen molar-refractivity contribution in [3.8, 4) is 0 Å². The molecule has 0 saturated carbocycles. The maximum Gasteiger partial charge on any atom is 0.243 e. The lowest BCUT2D eigenvalue weighted by atomic mass is 9.95. The third-order valence-corrected chi connectivity index (χ3v) is 2.79. The summed E-state index contributed by atoms with van der Waals surface area (Å²) in [6.07, 6.45) is 0.900. The average Bonchev–Trinajstić information content (AvgIpc) is 2.51. The molecule has 0 radical (unpaired) electrons. The van der Waals surface area contributed by atoms with Gasteiger partial charge in [0.05, 0.1) is 0 Å². The highest BCUT2D eigenvalue weighted by molar-refractivity contribution is 5.86. The van der Waals surface area contributed by atoms with E-state index in [1.807, 2.05) is 33.1 Å². The van der Waals surface area contributed by atoms with Gasteiger partial charge in [0, 0.05) is 20.6 Å². The fourth-order valence-corrected chi connectivity index (χ4v) is 1.85. The number of carbonyl (C=O) groups is 1. The van der Waals surface area contributed by atoms with Gasteiger partial charge >= 0.3 is 0 Å². The number of rotatable bonds is 2. The summed E-state index contributed by atoms with van der Waals surface area (Å²) in [6, 6.07) is 0. The van der Waals surface area contributed by atoms with Crippen LogP contribution in [0.3, 0.4) is 0 Å². The SMILES string of the molecule is CN(C)C(=O)C1(N(C)C)CCNC1. The summed E-state index contributed by atoms with van der Waals surface area (Å²) in [7, 11) is 7.56. The number of likely N-dealkylation sites (N-methyl/N-ethyl adjacent to an activating group) is 2. The van der Waals surface area contributed by atoms with Gasteiger partial charge in [-0.15, -0.1) is 0 Å². The van der Waals surface area contributed by atoms with Gasteiger partial charge in [0.1, 0.15) is 5.54 Å². The van der Waals surface area contributed by atoms with E-state index < -0.39 is 0 Å². The second-order valence-corrected chi connectivity index (χ2v) is 4.05. The Morgan fingerprint density at radius 2 is 1.92 bits per heavy atom. The second-order valence-electron chi connectivity index (χ2n) is 4.05. The molecule has 1 unspecified atom stereocenters. The third kappa shape index (κ3) is 1.69. The molecule has 1 aliphatic heterocycles. The Morgan fingerprint density at radius 3 is 2.23 bits per heavy atom. The number of hydrogen-bond donors (Lipinski definition) is 1. The first kappa shape index (κ1) is 10.5. The van der Waals surface area contributed by atoms with E-state index in [9.17, 15) is 4.79 Å². The Labute approximate surface area is 79.9 Å². The Bertz CT molecular complexity index is 195. The summed E-state index contributed by atoms with van der Waals surface area (Å²) in [5.74, 6) is 0.197. The Morgan fingerprint density at radius 1 is 1.31 bits per heavy atom. The van der Waals surface area contributed by atoms with Crippen molar-refractivity contribution < 1.29 is 4.79 Å². The lowest BCUT2D eigenvalue weighted by Crippen LogP contribution is -2.57. The van der Waals surface area contributed by atoms with Crippen molar-refractivity contribution in [2.45, 2.75) is 12.0 Å². The first-order chi connectivity index (χ1) is 6.00. The van der Waals surface area contributed by atoms with E-state index >= 15 is 0 Å². The second kappa shape index (κ2) is 3.64. The van der Waals surface area contributed by atoms with Gasteiger partial charge in [-0.05, 0) is 27.1 Å². The Kier molecular flexibility index (Phi) is 2.93. The summed E-state index contributed by atoms with van der Waals surface area (Å²) in [6.45, 7) is 1.69. The summed E-state index contributed by atoms with van der Waals surface area (Å²) in [5, 5.41) is 3.24. The van der Waals surface area contributed by atoms with Crippen LogP contribution in [0, 0.1) is 0 Å². The van der Waals surface area contributed by atoms with E-state index in [2.05, 4.69) is 5.32 Å². The van der Waals surface area contributed by atoms with Crippen LogP contribution in [-0.4, -0.2) is 62.5 Å². The fraction of sp³-hybridized carbons (Fsp3) is 0.889. The van der Waals surface area contributed by atoms with E-state index in [0.717, 1.165) is 19.5 Å². The number of amides is 1. The molecule has 1 N–H and O–H groups in total. The summed E-state index contributed by atoms with van der Waals surface area (Å²) in [4.78, 5) is 15.6. The molecule has 1 saturated heterocycles. The van der Waals surface area contributed by atoms with Crippen molar-refractivity contribution in [3.05, 3.63) is 0 Å². The summed E-state index contributed by atoms with van der Waals surface area (Å²) < 4.78 is 0. The molecule has 1 amide bonds. The Balaban J connectivity index is 2.84. The lowest BCUT2D eigenvalue weighted by molar-refractivity contribution is -0.139. The van der Waals surface area contributed by atoms with Crippen molar-refractivity contribution in [1.29, 1.82) is 0 Å². The molecule has 1 atom stereocenters. The number of carbonyl (C=O) groups excluding carboxylic acids is 1. The molecule has 1 fully saturated rings. The molecule has 4 nitrogen and oxygen atoms in total. The van der Waals surface area contributed by atoms with Crippen LogP contribution in [0.4, 0.5) is 0 Å². The van der Waals surface area contributed by atoms with Gasteiger partial charge in [0.25, 0.3) is 0 Å². The zero-order chi connectivity index (χ0) is 10.1. The van der Waals surface area contributed by atoms with E-state index in [4.69, 9.17) is 0 Å². The van der Waals surface area contributed by atoms with Gasteiger partial charge in [-0.25, -0.2) is 0 Å². The van der Waals surface area contributed by atoms with Gasteiger partial charge in [-0.3, -0.25) is 9.69 Å². The molecule has 0 aromatic heterocycles. The summed E-state index contributed by atoms with van der Waals surface area (Å²) >= 11 is 0. The van der Waals surface area contributed by atoms with E-state index in [-0.39, 0.29) is 11.4 Å². The maximum atomic E-state index is 12.0. The van der Waals surface area contributed by atoms with Crippen LogP contribution >= 0.6 is 0 Å². The molecule has 0 bridgehead atoms. The zero-order valence-corrected chi connectivity index (χ0v) is 8.92. The third-order valence-electron chi connectivity index (χ3n) is 2.79. The van der Waals surface area contributed by atoms with E-state index in [1.54, 1.807) is 4.90 Å². The molecule has 13 heavy (non-hydrogen) atoms. The number of hydrogen-bond acceptors (Lipinski definition) is 3. The van der Waals surface area contributed by atoms with Crippen LogP contribution < -0.4 is 5.32 Å². The molecule has 1 heterocycles. The van der Waals surface area contributed by atoms with Gasteiger partial charge < -0.3 is 10.2 Å². The summed E-state index contributed by atoms with van der Waals surface area (Å²) in [5.41, 5.74) is -0.316. The highest BCUT2D eigenvalue weighted by Gasteiger charge is 2.43. The molecular weight excluding hydrogens is 166 g/mol. The smallest absolute Gasteiger partial charge is 0.243 e. The van der Waals surface area contributed by atoms with Crippen molar-refractivity contribution >= 4 is 5.91 Å². The molecule has 0 spiro atoms. The van der Waals surface area contributed by atoms with E-state index in [1.165, 1.54) is 0 Å². The monoisotopic (exact) mass is 185 g/mol. The van der Waals surface area contributed by atoms with Gasteiger partial charge in [0.2, 0.25) is 5.91 Å². The Hall–Kier alpha value is -0.610. The predicted octanol–water partition coefficient (Wildman–Crippen LogP) is -0.632. The first-order valence-electron chi connectivity index (χ1n) is 4.60. The van der Waals surface area contributed by atoms with Crippen LogP contribution in [0.1, 0.15) is 6.42 Å². The van der Waals surface area contributed by atoms with E-state index in [0.29, 0.717) is 0 Å². The molecule has 0 aromatic carbocycles. The molecule has 0 aliphatic carbocycles. The topological polar surface area (TPSA) is 35.6 Å². The largest absolute Gasteiger partial charge is 0.347 e. The average molecular weight is 185 g/mol. The van der Waals surface area contributed by atoms with Crippen LogP contribution in [0.25, 0.3) is 0 Å². The van der Waals surface area contributed by atoms with Crippen LogP contribution in [0.2, 0.25) is 0 Å². The van der Waals surface area contributed by atoms with Gasteiger partial charge in [-0.2, -0.15) is 0 Å². The fourth-order valence-electron chi connectivity index (χ4n) is 1.85. The van der Waals surface area contributed by atoms with Crippen molar-refractivity contribution in [2.24, 2.45) is 0 Å². The standard InChI is InChI=1S/C9H19N3O/c1-11(2)8(13)9(12(3)4)5-6-10-7-9/h10H,5-7H2,1-4H3. The number of nitrogens with one attached hydrogen (secondary N) is 1. The quantitative estimate of drug-likeness (QED) is 0.622. The van der Waals surface area contributed by atoms with Crippen molar-refractivity contribution in [1.82, 2.24) is 15.1 Å². The normalized spacial score (nSPS) is 28.1. The lowest BCUT2D eigenvalue weighted by Gasteiger charge is -2.36. The van der Waals surface area contributed by atoms with Crippen LogP contribution in [0.5, 0.6) is 0 Å². The van der Waals surface area contributed by atoms with Crippen LogP contribution in [-0.2, 0) is 4.79 Å². The van der Waals surface area contributed by atoms with Crippen LogP contribution in [0.15, 0.2) is 0 Å².